The summed E-state index contributed by atoms with van der Waals surface area (Å²) >= 11 is 0. The molecule has 0 atom stereocenters. The van der Waals surface area contributed by atoms with E-state index in [2.05, 4.69) is 20.3 Å². The Labute approximate surface area is 84.5 Å². The van der Waals surface area contributed by atoms with Crippen LogP contribution in [0.1, 0.15) is 10.5 Å². The highest BCUT2D eigenvalue weighted by Crippen LogP contribution is 2.03. The van der Waals surface area contributed by atoms with Crippen molar-refractivity contribution in [1.29, 1.82) is 0 Å². The van der Waals surface area contributed by atoms with Crippen molar-refractivity contribution in [1.82, 2.24) is 10.2 Å². The standard InChI is InChI=1S/C8H9F2N3O2/c1-15-8(14)5-2-3-7(13-12-5)11-4-6(9)10/h2-3,6H,4H2,1H3,(H,11,13). The largest absolute Gasteiger partial charge is 0.464 e. The number of carbonyl (C=O) groups is 1. The minimum atomic E-state index is -2.47. The van der Waals surface area contributed by atoms with E-state index in [0.717, 1.165) is 0 Å². The van der Waals surface area contributed by atoms with Crippen LogP contribution in [0, 0.1) is 0 Å². The third kappa shape index (κ3) is 3.45. The third-order valence-corrected chi connectivity index (χ3v) is 1.50. The Bertz CT molecular complexity index is 329. The second kappa shape index (κ2) is 5.18. The molecule has 0 amide bonds. The maximum atomic E-state index is 11.8. The lowest BCUT2D eigenvalue weighted by Crippen LogP contribution is -2.13. The lowest BCUT2D eigenvalue weighted by atomic mass is 10.4. The van der Waals surface area contributed by atoms with Gasteiger partial charge in [0.15, 0.2) is 5.69 Å². The number of aromatic nitrogens is 2. The van der Waals surface area contributed by atoms with E-state index in [1.165, 1.54) is 19.2 Å². The highest BCUT2D eigenvalue weighted by atomic mass is 19.3. The molecule has 0 aliphatic rings. The number of ether oxygens (including phenoxy) is 1. The molecule has 0 fully saturated rings. The summed E-state index contributed by atoms with van der Waals surface area (Å²) < 4.78 is 28.0. The van der Waals surface area contributed by atoms with Crippen molar-refractivity contribution in [3.63, 3.8) is 0 Å². The Morgan fingerprint density at radius 3 is 2.73 bits per heavy atom. The van der Waals surface area contributed by atoms with Crippen molar-refractivity contribution in [3.05, 3.63) is 17.8 Å². The van der Waals surface area contributed by atoms with Gasteiger partial charge in [0.05, 0.1) is 13.7 Å². The van der Waals surface area contributed by atoms with Crippen LogP contribution in [0.25, 0.3) is 0 Å². The molecule has 82 valence electrons. The molecular formula is C8H9F2N3O2. The van der Waals surface area contributed by atoms with E-state index >= 15 is 0 Å². The number of rotatable bonds is 4. The van der Waals surface area contributed by atoms with Gasteiger partial charge >= 0.3 is 5.97 Å². The van der Waals surface area contributed by atoms with Crippen molar-refractivity contribution in [2.75, 3.05) is 19.0 Å². The molecule has 0 saturated carbocycles. The zero-order valence-electron chi connectivity index (χ0n) is 7.91. The zero-order chi connectivity index (χ0) is 11.3. The van der Waals surface area contributed by atoms with Gasteiger partial charge in [0.2, 0.25) is 0 Å². The first-order chi connectivity index (χ1) is 7.13. The van der Waals surface area contributed by atoms with Gasteiger partial charge in [0.1, 0.15) is 5.82 Å². The molecule has 0 unspecified atom stereocenters. The highest BCUT2D eigenvalue weighted by molar-refractivity contribution is 5.86. The zero-order valence-corrected chi connectivity index (χ0v) is 7.91. The fraction of sp³-hybridized carbons (Fsp3) is 0.375. The molecule has 15 heavy (non-hydrogen) atoms. The van der Waals surface area contributed by atoms with Crippen molar-refractivity contribution in [3.8, 4) is 0 Å². The molecule has 1 aromatic heterocycles. The number of nitrogens with zero attached hydrogens (tertiary/aromatic N) is 2. The monoisotopic (exact) mass is 217 g/mol. The third-order valence-electron chi connectivity index (χ3n) is 1.50. The maximum absolute atomic E-state index is 11.8. The normalized spacial score (nSPS) is 10.1. The number of hydrogen-bond donors (Lipinski definition) is 1. The Kier molecular flexibility index (Phi) is 3.90. The molecule has 0 aliphatic carbocycles. The van der Waals surface area contributed by atoms with Crippen molar-refractivity contribution >= 4 is 11.8 Å². The minimum absolute atomic E-state index is 0.0279. The summed E-state index contributed by atoms with van der Waals surface area (Å²) in [6.45, 7) is -0.508. The van der Waals surface area contributed by atoms with Crippen molar-refractivity contribution in [2.45, 2.75) is 6.43 Å². The first-order valence-corrected chi connectivity index (χ1v) is 4.07. The number of hydrogen-bond acceptors (Lipinski definition) is 5. The van der Waals surface area contributed by atoms with Crippen LogP contribution in [0.2, 0.25) is 0 Å². The number of nitrogens with one attached hydrogen (secondary N) is 1. The number of alkyl halides is 2. The van der Waals surface area contributed by atoms with Crippen LogP contribution < -0.4 is 5.32 Å². The van der Waals surface area contributed by atoms with E-state index < -0.39 is 18.9 Å². The second-order valence-electron chi connectivity index (χ2n) is 2.57. The average molecular weight is 217 g/mol. The molecule has 0 aromatic carbocycles. The Morgan fingerprint density at radius 1 is 1.53 bits per heavy atom. The number of methoxy groups -OCH3 is 1. The molecule has 0 aliphatic heterocycles. The van der Waals surface area contributed by atoms with E-state index in [9.17, 15) is 13.6 Å². The summed E-state index contributed by atoms with van der Waals surface area (Å²) in [5.41, 5.74) is 0.0279. The number of halogens is 2. The van der Waals surface area contributed by atoms with Gasteiger partial charge in [-0.3, -0.25) is 0 Å². The van der Waals surface area contributed by atoms with Crippen LogP contribution in [0.4, 0.5) is 14.6 Å². The van der Waals surface area contributed by atoms with Crippen molar-refractivity contribution < 1.29 is 18.3 Å². The number of esters is 1. The van der Waals surface area contributed by atoms with Crippen LogP contribution in [0.15, 0.2) is 12.1 Å². The molecule has 0 saturated heterocycles. The summed E-state index contributed by atoms with van der Waals surface area (Å²) in [6.07, 6.45) is -2.47. The molecule has 0 radical (unpaired) electrons. The van der Waals surface area contributed by atoms with Gasteiger partial charge in [-0.25, -0.2) is 13.6 Å². The molecule has 1 rings (SSSR count). The SMILES string of the molecule is COC(=O)c1ccc(NCC(F)F)nn1. The molecule has 7 heteroatoms. The maximum Gasteiger partial charge on any atom is 0.358 e. The first kappa shape index (κ1) is 11.3. The van der Waals surface area contributed by atoms with E-state index in [-0.39, 0.29) is 11.5 Å². The van der Waals surface area contributed by atoms with Crippen molar-refractivity contribution in [2.24, 2.45) is 0 Å². The van der Waals surface area contributed by atoms with Gasteiger partial charge in [0, 0.05) is 0 Å². The molecule has 1 heterocycles. The highest BCUT2D eigenvalue weighted by Gasteiger charge is 2.08. The fourth-order valence-electron chi connectivity index (χ4n) is 0.822. The smallest absolute Gasteiger partial charge is 0.358 e. The van der Waals surface area contributed by atoms with Gasteiger partial charge in [0.25, 0.3) is 6.43 Å². The summed E-state index contributed by atoms with van der Waals surface area (Å²) in [6, 6.07) is 2.72. The van der Waals surface area contributed by atoms with Gasteiger partial charge in [-0.05, 0) is 12.1 Å². The molecule has 1 aromatic rings. The molecule has 0 spiro atoms. The summed E-state index contributed by atoms with van der Waals surface area (Å²) in [5, 5.41) is 9.37. The van der Waals surface area contributed by atoms with Crippen LogP contribution >= 0.6 is 0 Å². The van der Waals surface area contributed by atoms with Gasteiger partial charge in [-0.2, -0.15) is 0 Å². The number of anilines is 1. The predicted molar refractivity (Wildman–Crippen MR) is 47.9 cm³/mol. The van der Waals surface area contributed by atoms with Gasteiger partial charge < -0.3 is 10.1 Å². The summed E-state index contributed by atoms with van der Waals surface area (Å²) in [7, 11) is 1.22. The number of carbonyl (C=O) groups excluding carboxylic acids is 1. The first-order valence-electron chi connectivity index (χ1n) is 4.07. The summed E-state index contributed by atoms with van der Waals surface area (Å²) in [4.78, 5) is 10.9. The van der Waals surface area contributed by atoms with Crippen LogP contribution in [-0.2, 0) is 4.74 Å². The molecule has 0 bridgehead atoms. The summed E-state index contributed by atoms with van der Waals surface area (Å²) in [5.74, 6) is -0.439. The molecule has 5 nitrogen and oxygen atoms in total. The predicted octanol–water partition coefficient (Wildman–Crippen LogP) is 0.940. The quantitative estimate of drug-likeness (QED) is 0.760. The Balaban J connectivity index is 2.60. The lowest BCUT2D eigenvalue weighted by molar-refractivity contribution is 0.0592. The van der Waals surface area contributed by atoms with E-state index in [4.69, 9.17) is 0 Å². The Hall–Kier alpha value is -1.79. The molecular weight excluding hydrogens is 208 g/mol. The topological polar surface area (TPSA) is 64.1 Å². The van der Waals surface area contributed by atoms with Crippen LogP contribution in [-0.4, -0.2) is 36.2 Å². The molecule has 1 N–H and O–H groups in total. The van der Waals surface area contributed by atoms with Gasteiger partial charge in [-0.15, -0.1) is 10.2 Å². The van der Waals surface area contributed by atoms with Gasteiger partial charge in [-0.1, -0.05) is 0 Å². The van der Waals surface area contributed by atoms with Crippen LogP contribution in [0.3, 0.4) is 0 Å². The average Bonchev–Trinajstić information content (AvgIpc) is 2.26. The Morgan fingerprint density at radius 2 is 2.27 bits per heavy atom. The van der Waals surface area contributed by atoms with E-state index in [0.29, 0.717) is 0 Å². The second-order valence-corrected chi connectivity index (χ2v) is 2.57. The van der Waals surface area contributed by atoms with E-state index in [1.54, 1.807) is 0 Å². The fourth-order valence-corrected chi connectivity index (χ4v) is 0.822. The lowest BCUT2D eigenvalue weighted by Gasteiger charge is -2.03. The minimum Gasteiger partial charge on any atom is -0.464 e. The van der Waals surface area contributed by atoms with Crippen LogP contribution in [0.5, 0.6) is 0 Å². The van der Waals surface area contributed by atoms with E-state index in [1.807, 2.05) is 0 Å².